The molecule has 0 bridgehead atoms. The maximum absolute atomic E-state index is 11.5. The van der Waals surface area contributed by atoms with Gasteiger partial charge in [0.05, 0.1) is 16.6 Å². The molecule has 0 saturated heterocycles. The molecule has 0 aliphatic rings. The summed E-state index contributed by atoms with van der Waals surface area (Å²) in [4.78, 5) is 21.6. The van der Waals surface area contributed by atoms with E-state index in [2.05, 4.69) is 0 Å². The van der Waals surface area contributed by atoms with Crippen molar-refractivity contribution in [1.82, 2.24) is 0 Å². The summed E-state index contributed by atoms with van der Waals surface area (Å²) >= 11 is 5.74. The number of nitro benzene ring substituents is 1. The van der Waals surface area contributed by atoms with Crippen molar-refractivity contribution in [2.75, 3.05) is 6.61 Å². The molecule has 0 saturated carbocycles. The van der Waals surface area contributed by atoms with Gasteiger partial charge in [0.2, 0.25) is 0 Å². The van der Waals surface area contributed by atoms with Crippen molar-refractivity contribution >= 4 is 23.3 Å². The van der Waals surface area contributed by atoms with Gasteiger partial charge < -0.3 is 4.74 Å². The Morgan fingerprint density at radius 2 is 2.25 bits per heavy atom. The van der Waals surface area contributed by atoms with Crippen LogP contribution in [0.3, 0.4) is 0 Å². The lowest BCUT2D eigenvalue weighted by Crippen LogP contribution is -2.09. The van der Waals surface area contributed by atoms with Gasteiger partial charge in [-0.2, -0.15) is 0 Å². The largest absolute Gasteiger partial charge is 0.462 e. The zero-order valence-electron chi connectivity index (χ0n) is 8.60. The van der Waals surface area contributed by atoms with E-state index in [1.165, 1.54) is 18.2 Å². The number of nitrogens with zero attached hydrogens (tertiary/aromatic N) is 1. The maximum atomic E-state index is 11.5. The number of benzene rings is 1. The smallest absolute Gasteiger partial charge is 0.346 e. The highest BCUT2D eigenvalue weighted by atomic mass is 35.5. The molecule has 0 heterocycles. The lowest BCUT2D eigenvalue weighted by molar-refractivity contribution is -0.385. The van der Waals surface area contributed by atoms with Gasteiger partial charge in [-0.15, -0.1) is 0 Å². The summed E-state index contributed by atoms with van der Waals surface area (Å²) in [7, 11) is 0. The van der Waals surface area contributed by atoms with E-state index in [0.29, 0.717) is 6.42 Å². The van der Waals surface area contributed by atoms with Gasteiger partial charge in [-0.25, -0.2) is 4.79 Å². The van der Waals surface area contributed by atoms with Crippen molar-refractivity contribution in [3.63, 3.8) is 0 Å². The van der Waals surface area contributed by atoms with Crippen molar-refractivity contribution < 1.29 is 14.5 Å². The van der Waals surface area contributed by atoms with Crippen LogP contribution < -0.4 is 0 Å². The molecule has 0 N–H and O–H groups in total. The topological polar surface area (TPSA) is 69.4 Å². The molecule has 1 rings (SSSR count). The Balaban J connectivity index is 3.10. The predicted molar refractivity (Wildman–Crippen MR) is 58.7 cm³/mol. The van der Waals surface area contributed by atoms with Crippen molar-refractivity contribution in [2.24, 2.45) is 0 Å². The third kappa shape index (κ3) is 2.70. The molecule has 0 aliphatic carbocycles. The summed E-state index contributed by atoms with van der Waals surface area (Å²) in [6, 6.07) is 4.04. The Morgan fingerprint density at radius 3 is 2.81 bits per heavy atom. The molecule has 16 heavy (non-hydrogen) atoms. The third-order valence-electron chi connectivity index (χ3n) is 1.83. The van der Waals surface area contributed by atoms with Crippen LogP contribution in [0.4, 0.5) is 5.69 Å². The van der Waals surface area contributed by atoms with Crippen molar-refractivity contribution in [3.05, 3.63) is 38.9 Å². The molecule has 0 atom stereocenters. The van der Waals surface area contributed by atoms with E-state index in [0.717, 1.165) is 0 Å². The summed E-state index contributed by atoms with van der Waals surface area (Å²) in [6.45, 7) is 2.04. The second-order valence-corrected chi connectivity index (χ2v) is 3.43. The molecule has 0 unspecified atom stereocenters. The van der Waals surface area contributed by atoms with Crippen molar-refractivity contribution in [2.45, 2.75) is 13.3 Å². The molecule has 1 aromatic rings. The SMILES string of the molecule is CCCOC(=O)c1c(Cl)cccc1[N+](=O)[O-]. The highest BCUT2D eigenvalue weighted by molar-refractivity contribution is 6.34. The fourth-order valence-electron chi connectivity index (χ4n) is 1.13. The number of nitro groups is 1. The average molecular weight is 244 g/mol. The van der Waals surface area contributed by atoms with Crippen LogP contribution in [-0.2, 0) is 4.74 Å². The van der Waals surface area contributed by atoms with Gasteiger partial charge in [0.25, 0.3) is 5.69 Å². The second kappa shape index (κ2) is 5.46. The molecule has 5 nitrogen and oxygen atoms in total. The van der Waals surface area contributed by atoms with Crippen LogP contribution in [0.1, 0.15) is 23.7 Å². The molecule has 0 amide bonds. The summed E-state index contributed by atoms with van der Waals surface area (Å²) in [5.41, 5.74) is -0.531. The first kappa shape index (κ1) is 12.4. The highest BCUT2D eigenvalue weighted by Crippen LogP contribution is 2.26. The van der Waals surface area contributed by atoms with Gasteiger partial charge in [0.1, 0.15) is 0 Å². The van der Waals surface area contributed by atoms with E-state index in [-0.39, 0.29) is 22.9 Å². The average Bonchev–Trinajstić information content (AvgIpc) is 2.25. The Kier molecular flexibility index (Phi) is 4.25. The number of hydrogen-bond donors (Lipinski definition) is 0. The molecule has 6 heteroatoms. The first-order valence-electron chi connectivity index (χ1n) is 4.68. The number of ether oxygens (including phenoxy) is 1. The van der Waals surface area contributed by atoms with Gasteiger partial charge in [-0.05, 0) is 12.5 Å². The molecular weight excluding hydrogens is 234 g/mol. The molecule has 0 radical (unpaired) electrons. The standard InChI is InChI=1S/C10H10ClNO4/c1-2-6-16-10(13)9-7(11)4-3-5-8(9)12(14)15/h3-5H,2,6H2,1H3. The molecule has 86 valence electrons. The summed E-state index contributed by atoms with van der Waals surface area (Å²) in [5.74, 6) is -0.765. The highest BCUT2D eigenvalue weighted by Gasteiger charge is 2.24. The quantitative estimate of drug-likeness (QED) is 0.463. The molecular formula is C10H10ClNO4. The summed E-state index contributed by atoms with van der Waals surface area (Å²) in [5, 5.41) is 10.7. The van der Waals surface area contributed by atoms with E-state index in [1.807, 2.05) is 6.92 Å². The lowest BCUT2D eigenvalue weighted by atomic mass is 10.2. The Labute approximate surface area is 97.1 Å². The number of carbonyl (C=O) groups is 1. The predicted octanol–water partition coefficient (Wildman–Crippen LogP) is 2.82. The van der Waals surface area contributed by atoms with Crippen LogP contribution in [0.25, 0.3) is 0 Å². The zero-order chi connectivity index (χ0) is 12.1. The minimum absolute atomic E-state index is 0.0234. The van der Waals surface area contributed by atoms with Gasteiger partial charge in [-0.3, -0.25) is 10.1 Å². The second-order valence-electron chi connectivity index (χ2n) is 3.03. The molecule has 0 spiro atoms. The Morgan fingerprint density at radius 1 is 1.56 bits per heavy atom. The number of hydrogen-bond acceptors (Lipinski definition) is 4. The fraction of sp³-hybridized carbons (Fsp3) is 0.300. The normalized spacial score (nSPS) is 9.88. The van der Waals surface area contributed by atoms with Crippen LogP contribution in [0.15, 0.2) is 18.2 Å². The Bertz CT molecular complexity index is 419. The van der Waals surface area contributed by atoms with Crippen LogP contribution in [0.5, 0.6) is 0 Å². The van der Waals surface area contributed by atoms with E-state index >= 15 is 0 Å². The van der Waals surface area contributed by atoms with E-state index < -0.39 is 10.9 Å². The van der Waals surface area contributed by atoms with E-state index in [1.54, 1.807) is 0 Å². The minimum Gasteiger partial charge on any atom is -0.462 e. The maximum Gasteiger partial charge on any atom is 0.346 e. The monoisotopic (exact) mass is 243 g/mol. The Hall–Kier alpha value is -1.62. The van der Waals surface area contributed by atoms with Gasteiger partial charge in [0, 0.05) is 6.07 Å². The fourth-order valence-corrected chi connectivity index (χ4v) is 1.38. The van der Waals surface area contributed by atoms with Crippen LogP contribution in [-0.4, -0.2) is 17.5 Å². The van der Waals surface area contributed by atoms with Crippen molar-refractivity contribution in [1.29, 1.82) is 0 Å². The molecule has 0 aliphatic heterocycles. The van der Waals surface area contributed by atoms with Gasteiger partial charge in [0.15, 0.2) is 5.56 Å². The minimum atomic E-state index is -0.765. The van der Waals surface area contributed by atoms with E-state index in [4.69, 9.17) is 16.3 Å². The number of halogens is 1. The summed E-state index contributed by atoms with van der Waals surface area (Å²) < 4.78 is 4.82. The summed E-state index contributed by atoms with van der Waals surface area (Å²) in [6.07, 6.45) is 0.643. The number of rotatable bonds is 4. The third-order valence-corrected chi connectivity index (χ3v) is 2.14. The number of carbonyl (C=O) groups excluding carboxylic acids is 1. The molecule has 1 aromatic carbocycles. The molecule has 0 aromatic heterocycles. The molecule has 0 fully saturated rings. The number of esters is 1. The van der Waals surface area contributed by atoms with Crippen LogP contribution in [0, 0.1) is 10.1 Å². The first-order chi connectivity index (χ1) is 7.57. The lowest BCUT2D eigenvalue weighted by Gasteiger charge is -2.05. The van der Waals surface area contributed by atoms with Crippen molar-refractivity contribution in [3.8, 4) is 0 Å². The van der Waals surface area contributed by atoms with Gasteiger partial charge >= 0.3 is 5.97 Å². The van der Waals surface area contributed by atoms with Gasteiger partial charge in [-0.1, -0.05) is 24.6 Å². The van der Waals surface area contributed by atoms with E-state index in [9.17, 15) is 14.9 Å². The van der Waals surface area contributed by atoms with Crippen LogP contribution in [0.2, 0.25) is 5.02 Å². The zero-order valence-corrected chi connectivity index (χ0v) is 9.36. The van der Waals surface area contributed by atoms with Crippen LogP contribution >= 0.6 is 11.6 Å². The first-order valence-corrected chi connectivity index (χ1v) is 5.05.